The number of methoxy groups -OCH3 is 1. The molecular formula is C10H7FO2S2. The summed E-state index contributed by atoms with van der Waals surface area (Å²) in [5, 5.41) is -0.224. The van der Waals surface area contributed by atoms with E-state index in [4.69, 9.17) is 0 Å². The van der Waals surface area contributed by atoms with Crippen LogP contribution in [-0.4, -0.2) is 13.1 Å². The smallest absolute Gasteiger partial charge is 0.348 e. The van der Waals surface area contributed by atoms with Gasteiger partial charge in [-0.1, -0.05) is 0 Å². The quantitative estimate of drug-likeness (QED) is 0.754. The lowest BCUT2D eigenvalue weighted by molar-refractivity contribution is 0.0606. The summed E-state index contributed by atoms with van der Waals surface area (Å²) in [6, 6.07) is 6.59. The monoisotopic (exact) mass is 242 g/mol. The van der Waals surface area contributed by atoms with Crippen molar-refractivity contribution in [3.63, 3.8) is 0 Å². The molecule has 0 spiro atoms. The van der Waals surface area contributed by atoms with E-state index in [0.29, 0.717) is 4.88 Å². The minimum atomic E-state index is -0.358. The molecule has 0 aliphatic rings. The standard InChI is InChI=1S/C10H7FO2S2/c1-13-10(12)8-3-2-6(14-8)7-4-5-9(11)15-7/h2-5H,1H3. The molecule has 0 saturated carbocycles. The number of carbonyl (C=O) groups is 1. The molecule has 0 radical (unpaired) electrons. The summed E-state index contributed by atoms with van der Waals surface area (Å²) in [6.07, 6.45) is 0. The van der Waals surface area contributed by atoms with Crippen molar-refractivity contribution in [2.45, 2.75) is 0 Å². The van der Waals surface area contributed by atoms with Gasteiger partial charge in [0.1, 0.15) is 4.88 Å². The highest BCUT2D eigenvalue weighted by Crippen LogP contribution is 2.33. The van der Waals surface area contributed by atoms with E-state index >= 15 is 0 Å². The SMILES string of the molecule is COC(=O)c1ccc(-c2ccc(F)s2)s1. The molecule has 0 saturated heterocycles. The van der Waals surface area contributed by atoms with E-state index in [-0.39, 0.29) is 11.1 Å². The third-order valence-corrected chi connectivity index (χ3v) is 3.94. The Morgan fingerprint density at radius 2 is 1.87 bits per heavy atom. The van der Waals surface area contributed by atoms with Crippen molar-refractivity contribution < 1.29 is 13.9 Å². The summed E-state index contributed by atoms with van der Waals surface area (Å²) < 4.78 is 17.4. The summed E-state index contributed by atoms with van der Waals surface area (Å²) in [4.78, 5) is 13.4. The molecule has 2 rings (SSSR count). The predicted octanol–water partition coefficient (Wildman–Crippen LogP) is 3.40. The lowest BCUT2D eigenvalue weighted by Gasteiger charge is -1.92. The summed E-state index contributed by atoms with van der Waals surface area (Å²) >= 11 is 2.37. The van der Waals surface area contributed by atoms with E-state index < -0.39 is 0 Å². The summed E-state index contributed by atoms with van der Waals surface area (Å²) in [5.41, 5.74) is 0. The Morgan fingerprint density at radius 1 is 1.20 bits per heavy atom. The normalized spacial score (nSPS) is 10.3. The van der Waals surface area contributed by atoms with Crippen LogP contribution >= 0.6 is 22.7 Å². The van der Waals surface area contributed by atoms with Gasteiger partial charge in [-0.25, -0.2) is 4.79 Å². The Kier molecular flexibility index (Phi) is 2.83. The van der Waals surface area contributed by atoms with Gasteiger partial charge in [-0.2, -0.15) is 4.39 Å². The third kappa shape index (κ3) is 2.08. The van der Waals surface area contributed by atoms with Crippen LogP contribution in [0.3, 0.4) is 0 Å². The van der Waals surface area contributed by atoms with Crippen molar-refractivity contribution in [1.82, 2.24) is 0 Å². The second-order valence-electron chi connectivity index (χ2n) is 2.76. The molecule has 2 nitrogen and oxygen atoms in total. The number of carbonyl (C=O) groups excluding carboxylic acids is 1. The van der Waals surface area contributed by atoms with Crippen LogP contribution < -0.4 is 0 Å². The van der Waals surface area contributed by atoms with Crippen molar-refractivity contribution in [2.24, 2.45) is 0 Å². The van der Waals surface area contributed by atoms with Crippen molar-refractivity contribution in [1.29, 1.82) is 0 Å². The average molecular weight is 242 g/mol. The third-order valence-electron chi connectivity index (χ3n) is 1.81. The molecule has 0 aliphatic heterocycles. The van der Waals surface area contributed by atoms with Gasteiger partial charge in [0.05, 0.1) is 7.11 Å². The second-order valence-corrected chi connectivity index (χ2v) is 4.88. The van der Waals surface area contributed by atoms with E-state index in [1.165, 1.54) is 24.5 Å². The van der Waals surface area contributed by atoms with Gasteiger partial charge >= 0.3 is 5.97 Å². The van der Waals surface area contributed by atoms with Crippen LogP contribution in [0.15, 0.2) is 24.3 Å². The molecule has 0 bridgehead atoms. The number of thiophene rings is 2. The van der Waals surface area contributed by atoms with E-state index in [2.05, 4.69) is 4.74 Å². The van der Waals surface area contributed by atoms with Gasteiger partial charge in [0, 0.05) is 9.75 Å². The van der Waals surface area contributed by atoms with Crippen LogP contribution in [0, 0.1) is 5.13 Å². The van der Waals surface area contributed by atoms with E-state index in [1.54, 1.807) is 18.2 Å². The number of hydrogen-bond donors (Lipinski definition) is 0. The Hall–Kier alpha value is -1.20. The van der Waals surface area contributed by atoms with Crippen molar-refractivity contribution in [3.05, 3.63) is 34.3 Å². The number of rotatable bonds is 2. The fourth-order valence-corrected chi connectivity index (χ4v) is 2.87. The van der Waals surface area contributed by atoms with Gasteiger partial charge in [0.15, 0.2) is 5.13 Å². The first-order valence-electron chi connectivity index (χ1n) is 4.14. The Balaban J connectivity index is 2.31. The molecule has 2 aromatic rings. The number of hydrogen-bond acceptors (Lipinski definition) is 4. The maximum absolute atomic E-state index is 12.8. The van der Waals surface area contributed by atoms with Crippen LogP contribution in [0.5, 0.6) is 0 Å². The van der Waals surface area contributed by atoms with Crippen LogP contribution in [-0.2, 0) is 4.74 Å². The van der Waals surface area contributed by atoms with E-state index in [0.717, 1.165) is 21.1 Å². The zero-order valence-electron chi connectivity index (χ0n) is 7.82. The zero-order chi connectivity index (χ0) is 10.8. The summed E-state index contributed by atoms with van der Waals surface area (Å²) in [5.74, 6) is -0.358. The fraction of sp³-hybridized carbons (Fsp3) is 0.100. The molecule has 15 heavy (non-hydrogen) atoms. The molecule has 5 heteroatoms. The van der Waals surface area contributed by atoms with E-state index in [1.807, 2.05) is 0 Å². The van der Waals surface area contributed by atoms with Crippen LogP contribution in [0.25, 0.3) is 9.75 Å². The van der Waals surface area contributed by atoms with Crippen LogP contribution in [0.1, 0.15) is 9.67 Å². The Morgan fingerprint density at radius 3 is 2.47 bits per heavy atom. The minimum Gasteiger partial charge on any atom is -0.465 e. The lowest BCUT2D eigenvalue weighted by atomic mass is 10.4. The van der Waals surface area contributed by atoms with Gasteiger partial charge in [-0.15, -0.1) is 22.7 Å². The molecule has 0 fully saturated rings. The Labute approximate surface area is 93.9 Å². The second kappa shape index (κ2) is 4.12. The molecular weight excluding hydrogens is 235 g/mol. The Bertz CT molecular complexity index is 487. The van der Waals surface area contributed by atoms with Crippen LogP contribution in [0.2, 0.25) is 0 Å². The molecule has 0 aromatic carbocycles. The lowest BCUT2D eigenvalue weighted by Crippen LogP contribution is -1.96. The highest BCUT2D eigenvalue weighted by molar-refractivity contribution is 7.22. The minimum absolute atomic E-state index is 0.224. The topological polar surface area (TPSA) is 26.3 Å². The first-order chi connectivity index (χ1) is 7.20. The van der Waals surface area contributed by atoms with Gasteiger partial charge in [0.25, 0.3) is 0 Å². The average Bonchev–Trinajstić information content (AvgIpc) is 2.84. The van der Waals surface area contributed by atoms with Gasteiger partial charge in [-0.3, -0.25) is 0 Å². The molecule has 2 aromatic heterocycles. The predicted molar refractivity (Wildman–Crippen MR) is 58.9 cm³/mol. The summed E-state index contributed by atoms with van der Waals surface area (Å²) in [7, 11) is 1.34. The fourth-order valence-electron chi connectivity index (χ4n) is 1.13. The zero-order valence-corrected chi connectivity index (χ0v) is 9.45. The van der Waals surface area contributed by atoms with Gasteiger partial charge in [-0.05, 0) is 24.3 Å². The van der Waals surface area contributed by atoms with E-state index in [9.17, 15) is 9.18 Å². The first kappa shape index (κ1) is 10.3. The van der Waals surface area contributed by atoms with Crippen molar-refractivity contribution in [2.75, 3.05) is 7.11 Å². The first-order valence-corrected chi connectivity index (χ1v) is 5.78. The highest BCUT2D eigenvalue weighted by atomic mass is 32.1. The number of esters is 1. The van der Waals surface area contributed by atoms with Crippen LogP contribution in [0.4, 0.5) is 4.39 Å². The van der Waals surface area contributed by atoms with Crippen molar-refractivity contribution >= 4 is 28.6 Å². The molecule has 2 heterocycles. The maximum Gasteiger partial charge on any atom is 0.348 e. The molecule has 78 valence electrons. The highest BCUT2D eigenvalue weighted by Gasteiger charge is 2.11. The number of ether oxygens (including phenoxy) is 1. The largest absolute Gasteiger partial charge is 0.465 e. The molecule has 0 N–H and O–H groups in total. The molecule has 0 atom stereocenters. The van der Waals surface area contributed by atoms with Gasteiger partial charge in [0.2, 0.25) is 0 Å². The molecule has 0 unspecified atom stereocenters. The maximum atomic E-state index is 12.8. The molecule has 0 amide bonds. The summed E-state index contributed by atoms with van der Waals surface area (Å²) in [6.45, 7) is 0. The molecule has 0 aliphatic carbocycles. The van der Waals surface area contributed by atoms with Gasteiger partial charge < -0.3 is 4.74 Å². The number of halogens is 1. The van der Waals surface area contributed by atoms with Crippen molar-refractivity contribution in [3.8, 4) is 9.75 Å².